The van der Waals surface area contributed by atoms with Crippen molar-refractivity contribution in [3.05, 3.63) is 114 Å². The van der Waals surface area contributed by atoms with Gasteiger partial charge in [-0.1, -0.05) is 12.1 Å². The number of hydrazine groups is 1. The van der Waals surface area contributed by atoms with Crippen LogP contribution in [0.15, 0.2) is 102 Å². The molecule has 0 aliphatic carbocycles. The molecule has 0 saturated heterocycles. The van der Waals surface area contributed by atoms with Crippen molar-refractivity contribution >= 4 is 27.5 Å². The van der Waals surface area contributed by atoms with Crippen molar-refractivity contribution in [3.8, 4) is 5.69 Å². The van der Waals surface area contributed by atoms with Gasteiger partial charge in [0.05, 0.1) is 16.1 Å². The van der Waals surface area contributed by atoms with Gasteiger partial charge in [-0.25, -0.2) is 12.8 Å². The van der Waals surface area contributed by atoms with E-state index in [1.807, 2.05) is 12.1 Å². The van der Waals surface area contributed by atoms with Gasteiger partial charge in [0.15, 0.2) is 0 Å². The summed E-state index contributed by atoms with van der Waals surface area (Å²) >= 11 is 0. The molecule has 3 N–H and O–H groups in total. The molecule has 10 heteroatoms. The van der Waals surface area contributed by atoms with Crippen LogP contribution in [0.3, 0.4) is 0 Å². The first-order chi connectivity index (χ1) is 16.3. The molecule has 0 fully saturated rings. The number of benzene rings is 3. The third-order valence-corrected chi connectivity index (χ3v) is 6.24. The zero-order chi connectivity index (χ0) is 24.1. The summed E-state index contributed by atoms with van der Waals surface area (Å²) in [6, 6.07) is 20.6. The number of halogens is 1. The Morgan fingerprint density at radius 1 is 0.735 bits per heavy atom. The van der Waals surface area contributed by atoms with Gasteiger partial charge in [-0.15, -0.1) is 0 Å². The Kier molecular flexibility index (Phi) is 6.42. The SMILES string of the molecule is O=C(NNC(=O)c1ccccc1-n1cccc1)c1ccc(NS(=O)(=O)c2ccc(F)cc2)cc1. The van der Waals surface area contributed by atoms with Crippen molar-refractivity contribution in [3.63, 3.8) is 0 Å². The van der Waals surface area contributed by atoms with E-state index in [0.717, 1.165) is 24.3 Å². The second-order valence-corrected chi connectivity index (χ2v) is 8.83. The Morgan fingerprint density at radius 2 is 1.35 bits per heavy atom. The first-order valence-corrected chi connectivity index (χ1v) is 11.5. The lowest BCUT2D eigenvalue weighted by Crippen LogP contribution is -2.41. The number of nitrogens with zero attached hydrogens (tertiary/aromatic N) is 1. The van der Waals surface area contributed by atoms with E-state index in [-0.39, 0.29) is 16.1 Å². The summed E-state index contributed by atoms with van der Waals surface area (Å²) in [7, 11) is -3.91. The van der Waals surface area contributed by atoms with Gasteiger partial charge in [0.1, 0.15) is 5.82 Å². The molecule has 34 heavy (non-hydrogen) atoms. The summed E-state index contributed by atoms with van der Waals surface area (Å²) < 4.78 is 42.0. The second kappa shape index (κ2) is 9.59. The van der Waals surface area contributed by atoms with E-state index in [4.69, 9.17) is 0 Å². The Balaban J connectivity index is 1.39. The van der Waals surface area contributed by atoms with E-state index in [0.29, 0.717) is 11.3 Å². The molecule has 0 aliphatic rings. The van der Waals surface area contributed by atoms with E-state index in [9.17, 15) is 22.4 Å². The predicted molar refractivity (Wildman–Crippen MR) is 124 cm³/mol. The summed E-state index contributed by atoms with van der Waals surface area (Å²) in [5, 5.41) is 0. The maximum atomic E-state index is 13.0. The second-order valence-electron chi connectivity index (χ2n) is 7.15. The summed E-state index contributed by atoms with van der Waals surface area (Å²) in [6.07, 6.45) is 3.60. The van der Waals surface area contributed by atoms with E-state index in [2.05, 4.69) is 15.6 Å². The molecule has 0 aliphatic heterocycles. The number of hydrogen-bond acceptors (Lipinski definition) is 4. The fourth-order valence-electron chi connectivity index (χ4n) is 3.16. The van der Waals surface area contributed by atoms with Gasteiger partial charge in [0, 0.05) is 23.6 Å². The number of rotatable bonds is 6. The molecule has 0 radical (unpaired) electrons. The van der Waals surface area contributed by atoms with Crippen LogP contribution in [0.1, 0.15) is 20.7 Å². The van der Waals surface area contributed by atoms with Gasteiger partial charge in [0.2, 0.25) is 0 Å². The number of carbonyl (C=O) groups excluding carboxylic acids is 2. The third-order valence-electron chi connectivity index (χ3n) is 4.84. The Bertz CT molecular complexity index is 1420. The molecule has 0 spiro atoms. The van der Waals surface area contributed by atoms with Gasteiger partial charge in [-0.3, -0.25) is 25.2 Å². The van der Waals surface area contributed by atoms with E-state index >= 15 is 0 Å². The molecule has 8 nitrogen and oxygen atoms in total. The molecule has 0 saturated carbocycles. The standard InChI is InChI=1S/C24H19FN4O4S/c25-18-9-13-20(14-10-18)34(32,33)28-19-11-7-17(8-12-19)23(30)26-27-24(31)21-5-1-2-6-22(21)29-15-3-4-16-29/h1-16,28H,(H,26,30)(H,27,31). The third kappa shape index (κ3) is 5.13. The van der Waals surface area contributed by atoms with Crippen molar-refractivity contribution in [2.45, 2.75) is 4.90 Å². The fourth-order valence-corrected chi connectivity index (χ4v) is 4.22. The largest absolute Gasteiger partial charge is 0.323 e. The van der Waals surface area contributed by atoms with Crippen LogP contribution in [0.2, 0.25) is 0 Å². The van der Waals surface area contributed by atoms with E-state index in [1.54, 1.807) is 41.2 Å². The number of nitrogens with one attached hydrogen (secondary N) is 3. The summed E-state index contributed by atoms with van der Waals surface area (Å²) in [4.78, 5) is 25.0. The monoisotopic (exact) mass is 478 g/mol. The average Bonchev–Trinajstić information content (AvgIpc) is 3.38. The van der Waals surface area contributed by atoms with Gasteiger partial charge in [0.25, 0.3) is 21.8 Å². The van der Waals surface area contributed by atoms with E-state index in [1.165, 1.54) is 24.3 Å². The molecule has 172 valence electrons. The highest BCUT2D eigenvalue weighted by molar-refractivity contribution is 7.92. The average molecular weight is 479 g/mol. The lowest BCUT2D eigenvalue weighted by molar-refractivity contribution is 0.0846. The first-order valence-electron chi connectivity index (χ1n) is 10.0. The van der Waals surface area contributed by atoms with Crippen molar-refractivity contribution < 1.29 is 22.4 Å². The van der Waals surface area contributed by atoms with Crippen molar-refractivity contribution in [2.24, 2.45) is 0 Å². The molecule has 1 heterocycles. The molecule has 4 rings (SSSR count). The van der Waals surface area contributed by atoms with Gasteiger partial charge in [-0.2, -0.15) is 0 Å². The summed E-state index contributed by atoms with van der Waals surface area (Å²) in [5.41, 5.74) is 6.16. The highest BCUT2D eigenvalue weighted by Gasteiger charge is 2.16. The minimum atomic E-state index is -3.91. The molecule has 0 bridgehead atoms. The fraction of sp³-hybridized carbons (Fsp3) is 0. The first kappa shape index (κ1) is 22.7. The maximum absolute atomic E-state index is 13.0. The quantitative estimate of drug-likeness (QED) is 0.369. The minimum Gasteiger partial charge on any atom is -0.323 e. The van der Waals surface area contributed by atoms with Crippen molar-refractivity contribution in [2.75, 3.05) is 4.72 Å². The molecule has 2 amide bonds. The number of sulfonamides is 1. The van der Waals surface area contributed by atoms with Gasteiger partial charge >= 0.3 is 0 Å². The summed E-state index contributed by atoms with van der Waals surface area (Å²) in [5.74, 6) is -1.63. The van der Waals surface area contributed by atoms with Crippen LogP contribution >= 0.6 is 0 Å². The number of carbonyl (C=O) groups is 2. The number of aromatic nitrogens is 1. The van der Waals surface area contributed by atoms with Crippen LogP contribution in [0.25, 0.3) is 5.69 Å². The van der Waals surface area contributed by atoms with Gasteiger partial charge < -0.3 is 4.57 Å². The van der Waals surface area contributed by atoms with Crippen molar-refractivity contribution in [1.29, 1.82) is 0 Å². The van der Waals surface area contributed by atoms with E-state index < -0.39 is 27.7 Å². The number of para-hydroxylation sites is 1. The molecule has 0 atom stereocenters. The lowest BCUT2D eigenvalue weighted by Gasteiger charge is -2.12. The van der Waals surface area contributed by atoms with Crippen LogP contribution < -0.4 is 15.6 Å². The number of anilines is 1. The highest BCUT2D eigenvalue weighted by atomic mass is 32.2. The number of amides is 2. The zero-order valence-electron chi connectivity index (χ0n) is 17.6. The van der Waals surface area contributed by atoms with Crippen LogP contribution in [0, 0.1) is 5.82 Å². The van der Waals surface area contributed by atoms with Crippen molar-refractivity contribution in [1.82, 2.24) is 15.4 Å². The Morgan fingerprint density at radius 3 is 2.03 bits per heavy atom. The molecule has 1 aromatic heterocycles. The minimum absolute atomic E-state index is 0.0985. The number of hydrogen-bond donors (Lipinski definition) is 3. The van der Waals surface area contributed by atoms with Crippen LogP contribution in [0.5, 0.6) is 0 Å². The molecule has 4 aromatic rings. The molecular weight excluding hydrogens is 459 g/mol. The lowest BCUT2D eigenvalue weighted by atomic mass is 10.1. The highest BCUT2D eigenvalue weighted by Crippen LogP contribution is 2.17. The van der Waals surface area contributed by atoms with Crippen LogP contribution in [-0.4, -0.2) is 24.8 Å². The molecular formula is C24H19FN4O4S. The van der Waals surface area contributed by atoms with Crippen LogP contribution in [-0.2, 0) is 10.0 Å². The topological polar surface area (TPSA) is 109 Å². The normalized spacial score (nSPS) is 11.0. The van der Waals surface area contributed by atoms with Gasteiger partial charge in [-0.05, 0) is 72.8 Å². The zero-order valence-corrected chi connectivity index (χ0v) is 18.4. The smallest absolute Gasteiger partial charge is 0.271 e. The Hall–Kier alpha value is -4.44. The molecule has 3 aromatic carbocycles. The predicted octanol–water partition coefficient (Wildman–Crippen LogP) is 3.49. The maximum Gasteiger partial charge on any atom is 0.271 e. The Labute approximate surface area is 195 Å². The molecule has 0 unspecified atom stereocenters. The summed E-state index contributed by atoms with van der Waals surface area (Å²) in [6.45, 7) is 0. The van der Waals surface area contributed by atoms with Crippen LogP contribution in [0.4, 0.5) is 10.1 Å².